The monoisotopic (exact) mass is 444 g/mol. The van der Waals surface area contributed by atoms with Crippen molar-refractivity contribution >= 4 is 23.2 Å². The summed E-state index contributed by atoms with van der Waals surface area (Å²) in [6, 6.07) is 13.2. The average molecular weight is 445 g/mol. The van der Waals surface area contributed by atoms with Gasteiger partial charge >= 0.3 is 5.97 Å². The first-order chi connectivity index (χ1) is 15.0. The molecule has 0 amide bonds. The third kappa shape index (κ3) is 7.44. The highest BCUT2D eigenvalue weighted by molar-refractivity contribution is 5.76. The van der Waals surface area contributed by atoms with E-state index in [1.54, 1.807) is 24.3 Å². The molecule has 0 unspecified atom stereocenters. The van der Waals surface area contributed by atoms with Crippen LogP contribution in [0.2, 0.25) is 0 Å². The minimum absolute atomic E-state index is 0.0206. The zero-order valence-electron chi connectivity index (χ0n) is 18.5. The molecule has 9 nitrogen and oxygen atoms in total. The van der Waals surface area contributed by atoms with Crippen LogP contribution in [-0.4, -0.2) is 58.7 Å². The van der Waals surface area contributed by atoms with Gasteiger partial charge in [0.05, 0.1) is 38.2 Å². The van der Waals surface area contributed by atoms with E-state index in [1.165, 1.54) is 12.1 Å². The number of benzene rings is 2. The van der Waals surface area contributed by atoms with E-state index >= 15 is 0 Å². The predicted molar refractivity (Wildman–Crippen MR) is 120 cm³/mol. The van der Waals surface area contributed by atoms with Gasteiger partial charge in [0.25, 0.3) is 5.69 Å². The number of likely N-dealkylation sites (N-methyl/N-ethyl adjacent to an activating group) is 1. The van der Waals surface area contributed by atoms with E-state index in [0.29, 0.717) is 16.6 Å². The summed E-state index contributed by atoms with van der Waals surface area (Å²) in [5, 5.41) is 40.2. The van der Waals surface area contributed by atoms with E-state index in [0.717, 1.165) is 11.1 Å². The molecule has 0 aliphatic rings. The summed E-state index contributed by atoms with van der Waals surface area (Å²) >= 11 is 0. The van der Waals surface area contributed by atoms with E-state index in [-0.39, 0.29) is 36.9 Å². The molecule has 0 fully saturated rings. The molecule has 2 aromatic rings. The van der Waals surface area contributed by atoms with Gasteiger partial charge in [0.2, 0.25) is 6.10 Å². The van der Waals surface area contributed by atoms with Gasteiger partial charge in [0, 0.05) is 24.1 Å². The van der Waals surface area contributed by atoms with Gasteiger partial charge in [-0.1, -0.05) is 12.1 Å². The lowest BCUT2D eigenvalue weighted by Crippen LogP contribution is -2.45. The summed E-state index contributed by atoms with van der Waals surface area (Å²) in [7, 11) is 5.97. The molecule has 172 valence electrons. The standard InChI is InChI=1S/C23H29N3O6/c1-26(2,3)23(17-9-13-19(14-10-17)25(31)32)20(27)15-16-7-11-18(12-8-16)24-21(28)5-4-6-22(29)30/h7-14,20,23,27H,4-6,15H2,1-3H3,(H-,24,28,29,30)/p+1/t20-,23+/m0/s1. The van der Waals surface area contributed by atoms with Crippen LogP contribution < -0.4 is 5.11 Å². The fraction of sp³-hybridized carbons (Fsp3) is 0.391. The number of aliphatic carboxylic acids is 1. The normalized spacial score (nSPS) is 14.1. The third-order valence-corrected chi connectivity index (χ3v) is 5.09. The number of rotatable bonds is 11. The second-order valence-electron chi connectivity index (χ2n) is 8.64. The summed E-state index contributed by atoms with van der Waals surface area (Å²) < 4.78 is 0.490. The number of carboxylic acids is 1. The lowest BCUT2D eigenvalue weighted by atomic mass is 9.93. The second-order valence-corrected chi connectivity index (χ2v) is 8.64. The Morgan fingerprint density at radius 2 is 1.69 bits per heavy atom. The SMILES string of the molecule is C[N+](C)(C)[C@H](c1ccc([N+](=O)[O-])cc1)[C@@H]([OH2+])Cc1ccc(N=C([O-])CCCC(=O)O)cc1. The maximum Gasteiger partial charge on any atom is 0.303 e. The Hall–Kier alpha value is -3.30. The fourth-order valence-corrected chi connectivity index (χ4v) is 3.68. The van der Waals surface area contributed by atoms with Crippen molar-refractivity contribution in [2.45, 2.75) is 37.8 Å². The number of hydrogen-bond donors (Lipinski definition) is 1. The van der Waals surface area contributed by atoms with Gasteiger partial charge < -0.3 is 19.8 Å². The smallest absolute Gasteiger partial charge is 0.303 e. The molecule has 0 spiro atoms. The molecule has 2 aromatic carbocycles. The van der Waals surface area contributed by atoms with Crippen LogP contribution in [0, 0.1) is 10.1 Å². The molecular weight excluding hydrogens is 414 g/mol. The molecule has 0 heterocycles. The van der Waals surface area contributed by atoms with Crippen LogP contribution in [0.1, 0.15) is 36.4 Å². The van der Waals surface area contributed by atoms with Crippen LogP contribution in [0.25, 0.3) is 0 Å². The van der Waals surface area contributed by atoms with Crippen molar-refractivity contribution in [2.75, 3.05) is 21.1 Å². The predicted octanol–water partition coefficient (Wildman–Crippen LogP) is 2.32. The van der Waals surface area contributed by atoms with Crippen molar-refractivity contribution in [2.24, 2.45) is 4.99 Å². The van der Waals surface area contributed by atoms with Gasteiger partial charge in [-0.2, -0.15) is 0 Å². The summed E-state index contributed by atoms with van der Waals surface area (Å²) in [5.41, 5.74) is 2.30. The Morgan fingerprint density at radius 3 is 2.19 bits per heavy atom. The van der Waals surface area contributed by atoms with E-state index in [1.807, 2.05) is 33.3 Å². The molecule has 32 heavy (non-hydrogen) atoms. The van der Waals surface area contributed by atoms with Gasteiger partial charge in [-0.15, -0.1) is 0 Å². The Balaban J connectivity index is 2.10. The second kappa shape index (κ2) is 10.8. The summed E-state index contributed by atoms with van der Waals surface area (Å²) in [6.45, 7) is 0. The summed E-state index contributed by atoms with van der Waals surface area (Å²) in [4.78, 5) is 25.0. The van der Waals surface area contributed by atoms with Gasteiger partial charge in [-0.25, -0.2) is 0 Å². The van der Waals surface area contributed by atoms with Crippen LogP contribution in [0.4, 0.5) is 11.4 Å². The first-order valence-corrected chi connectivity index (χ1v) is 10.3. The Labute approximate surface area is 187 Å². The first-order valence-electron chi connectivity index (χ1n) is 10.3. The lowest BCUT2D eigenvalue weighted by Gasteiger charge is -2.35. The van der Waals surface area contributed by atoms with Crippen molar-refractivity contribution in [3.05, 3.63) is 69.8 Å². The van der Waals surface area contributed by atoms with Crippen molar-refractivity contribution < 1.29 is 29.5 Å². The highest BCUT2D eigenvalue weighted by Crippen LogP contribution is 2.30. The zero-order valence-corrected chi connectivity index (χ0v) is 18.5. The van der Waals surface area contributed by atoms with Crippen LogP contribution in [0.15, 0.2) is 53.5 Å². The summed E-state index contributed by atoms with van der Waals surface area (Å²) in [5.74, 6) is -1.30. The van der Waals surface area contributed by atoms with Crippen LogP contribution in [0.5, 0.6) is 0 Å². The third-order valence-electron chi connectivity index (χ3n) is 5.09. The molecule has 0 aliphatic carbocycles. The molecule has 0 saturated carbocycles. The number of non-ortho nitro benzene ring substituents is 1. The molecular formula is C23H30N3O6+. The number of nitro groups is 1. The molecule has 3 N–H and O–H groups in total. The fourth-order valence-electron chi connectivity index (χ4n) is 3.68. The zero-order chi connectivity index (χ0) is 23.9. The number of carbonyl (C=O) groups is 1. The molecule has 2 atom stereocenters. The Bertz CT molecular complexity index is 949. The Morgan fingerprint density at radius 1 is 1.09 bits per heavy atom. The van der Waals surface area contributed by atoms with Crippen molar-refractivity contribution in [1.82, 2.24) is 0 Å². The maximum absolute atomic E-state index is 11.8. The highest BCUT2D eigenvalue weighted by atomic mass is 16.6. The van der Waals surface area contributed by atoms with Crippen LogP contribution in [0.3, 0.4) is 0 Å². The van der Waals surface area contributed by atoms with E-state index in [4.69, 9.17) is 10.2 Å². The number of hydrogen-bond acceptors (Lipinski definition) is 5. The number of nitrogens with zero attached hydrogens (tertiary/aromatic N) is 3. The molecule has 0 aromatic heterocycles. The average Bonchev–Trinajstić information content (AvgIpc) is 2.68. The topological polar surface area (TPSA) is 139 Å². The van der Waals surface area contributed by atoms with Gasteiger partial charge in [0.15, 0.2) is 6.04 Å². The molecule has 0 bridgehead atoms. The quantitative estimate of drug-likeness (QED) is 0.141. The van der Waals surface area contributed by atoms with Crippen LogP contribution >= 0.6 is 0 Å². The number of quaternary nitrogens is 1. The number of nitro benzene ring substituents is 1. The minimum Gasteiger partial charge on any atom is -0.862 e. The first kappa shape index (κ1) is 25.0. The summed E-state index contributed by atoms with van der Waals surface area (Å²) in [6.07, 6.45) is 0.239. The van der Waals surface area contributed by atoms with Gasteiger partial charge in [-0.3, -0.25) is 19.9 Å². The van der Waals surface area contributed by atoms with Gasteiger partial charge in [0.1, 0.15) is 0 Å². The molecule has 0 radical (unpaired) electrons. The van der Waals surface area contributed by atoms with Gasteiger partial charge in [-0.05, 0) is 48.6 Å². The van der Waals surface area contributed by atoms with E-state index in [9.17, 15) is 20.0 Å². The molecule has 0 aliphatic heterocycles. The minimum atomic E-state index is -0.937. The Kier molecular flexibility index (Phi) is 8.45. The lowest BCUT2D eigenvalue weighted by molar-refractivity contribution is -0.906. The maximum atomic E-state index is 11.8. The van der Waals surface area contributed by atoms with Crippen molar-refractivity contribution in [3.63, 3.8) is 0 Å². The number of aliphatic imine (C=N–C) groups is 1. The molecule has 0 saturated heterocycles. The van der Waals surface area contributed by atoms with Crippen molar-refractivity contribution in [3.8, 4) is 0 Å². The number of carboxylic acid groups (broad SMARTS) is 1. The highest BCUT2D eigenvalue weighted by Gasteiger charge is 2.37. The van der Waals surface area contributed by atoms with E-state index in [2.05, 4.69) is 4.99 Å². The van der Waals surface area contributed by atoms with E-state index < -0.39 is 17.0 Å². The van der Waals surface area contributed by atoms with Crippen molar-refractivity contribution in [1.29, 1.82) is 0 Å². The van der Waals surface area contributed by atoms with Crippen LogP contribution in [-0.2, 0) is 11.2 Å². The molecule has 2 rings (SSSR count). The molecule has 9 heteroatoms. The largest absolute Gasteiger partial charge is 0.862 e.